The van der Waals surface area contributed by atoms with E-state index >= 15 is 0 Å². The molecular formula is C7H10O4. The quantitative estimate of drug-likeness (QED) is 0.505. The normalized spacial score (nSPS) is 6.36. The maximum Gasteiger partial charge on any atom is 0.381 e. The summed E-state index contributed by atoms with van der Waals surface area (Å²) in [6.45, 7) is 2.88. The third-order valence-corrected chi connectivity index (χ3v) is 0.372. The van der Waals surface area contributed by atoms with Gasteiger partial charge >= 0.3 is 5.97 Å². The highest BCUT2D eigenvalue weighted by Crippen LogP contribution is 1.65. The van der Waals surface area contributed by atoms with Crippen molar-refractivity contribution in [1.29, 1.82) is 0 Å². The molecule has 0 spiro atoms. The van der Waals surface area contributed by atoms with Crippen molar-refractivity contribution in [2.24, 2.45) is 0 Å². The molecule has 0 saturated heterocycles. The Morgan fingerprint density at radius 3 is 1.82 bits per heavy atom. The van der Waals surface area contributed by atoms with Crippen LogP contribution in [0.3, 0.4) is 0 Å². The fourth-order valence-electron chi connectivity index (χ4n) is 0.164. The smallest absolute Gasteiger partial charge is 0.381 e. The third-order valence-electron chi connectivity index (χ3n) is 0.372. The van der Waals surface area contributed by atoms with Gasteiger partial charge in [0.05, 0.1) is 0 Å². The number of hydrogen-bond donors (Lipinski definition) is 2. The Kier molecular flexibility index (Phi) is 9.43. The van der Waals surface area contributed by atoms with Crippen molar-refractivity contribution in [3.05, 3.63) is 0 Å². The van der Waals surface area contributed by atoms with E-state index in [-0.39, 0.29) is 0 Å². The van der Waals surface area contributed by atoms with Crippen LogP contribution < -0.4 is 0 Å². The largest absolute Gasteiger partial charge is 0.481 e. The molecule has 0 aromatic rings. The molecule has 62 valence electrons. The third kappa shape index (κ3) is 57.5. The van der Waals surface area contributed by atoms with E-state index in [0.717, 1.165) is 6.92 Å². The molecule has 0 fully saturated rings. The highest BCUT2D eigenvalue weighted by atomic mass is 16.4. The van der Waals surface area contributed by atoms with E-state index < -0.39 is 11.9 Å². The summed E-state index contributed by atoms with van der Waals surface area (Å²) >= 11 is 0. The Bertz CT molecular complexity index is 180. The van der Waals surface area contributed by atoms with E-state index in [4.69, 9.17) is 15.0 Å². The minimum Gasteiger partial charge on any atom is -0.481 e. The van der Waals surface area contributed by atoms with Gasteiger partial charge in [-0.3, -0.25) is 4.79 Å². The molecule has 0 aromatic heterocycles. The average Bonchev–Trinajstić information content (AvgIpc) is 1.82. The van der Waals surface area contributed by atoms with Crippen LogP contribution in [0.25, 0.3) is 0 Å². The zero-order chi connectivity index (χ0) is 9.28. The van der Waals surface area contributed by atoms with E-state index in [1.807, 2.05) is 5.92 Å². The van der Waals surface area contributed by atoms with Crippen molar-refractivity contribution in [3.63, 3.8) is 0 Å². The predicted octanol–water partition coefficient (Wildman–Crippen LogP) is 0.575. The summed E-state index contributed by atoms with van der Waals surface area (Å²) in [5, 5.41) is 15.3. The lowest BCUT2D eigenvalue weighted by molar-refractivity contribution is -0.134. The predicted molar refractivity (Wildman–Crippen MR) is 39.0 cm³/mol. The van der Waals surface area contributed by atoms with Gasteiger partial charge < -0.3 is 10.2 Å². The summed E-state index contributed by atoms with van der Waals surface area (Å²) in [4.78, 5) is 18.6. The van der Waals surface area contributed by atoms with Crippen molar-refractivity contribution in [2.45, 2.75) is 20.3 Å². The minimum absolute atomic E-state index is 0.603. The van der Waals surface area contributed by atoms with Crippen LogP contribution in [0.2, 0.25) is 0 Å². The van der Waals surface area contributed by atoms with Gasteiger partial charge in [-0.2, -0.15) is 0 Å². The Morgan fingerprint density at radius 1 is 1.36 bits per heavy atom. The maximum atomic E-state index is 9.58. The lowest BCUT2D eigenvalue weighted by Gasteiger charge is -1.67. The maximum absolute atomic E-state index is 9.58. The molecule has 0 atom stereocenters. The van der Waals surface area contributed by atoms with E-state index in [1.165, 1.54) is 0 Å². The second-order valence-electron chi connectivity index (χ2n) is 1.48. The van der Waals surface area contributed by atoms with Crippen molar-refractivity contribution in [3.8, 4) is 11.8 Å². The molecule has 0 aliphatic rings. The van der Waals surface area contributed by atoms with Crippen LogP contribution in [0, 0.1) is 11.8 Å². The molecule has 4 heteroatoms. The number of hydrogen-bond acceptors (Lipinski definition) is 2. The van der Waals surface area contributed by atoms with Crippen molar-refractivity contribution < 1.29 is 19.8 Å². The number of carbonyl (C=O) groups is 2. The minimum atomic E-state index is -1.05. The molecule has 0 rings (SSSR count). The molecule has 0 saturated carbocycles. The first-order valence-corrected chi connectivity index (χ1v) is 2.92. The van der Waals surface area contributed by atoms with Gasteiger partial charge in [0.15, 0.2) is 0 Å². The summed E-state index contributed by atoms with van der Waals surface area (Å²) in [5.41, 5.74) is 0. The first kappa shape index (κ1) is 12.2. The Balaban J connectivity index is 0. The molecule has 0 unspecified atom stereocenters. The summed E-state index contributed by atoms with van der Waals surface area (Å²) in [5.74, 6) is 2.47. The van der Waals surface area contributed by atoms with E-state index in [0.29, 0.717) is 6.42 Å². The molecule has 0 amide bonds. The van der Waals surface area contributed by atoms with Crippen LogP contribution in [0.1, 0.15) is 20.3 Å². The van der Waals surface area contributed by atoms with Crippen molar-refractivity contribution >= 4 is 11.9 Å². The zero-order valence-electron chi connectivity index (χ0n) is 6.42. The molecule has 0 aliphatic carbocycles. The van der Waals surface area contributed by atoms with Crippen LogP contribution in [-0.4, -0.2) is 22.2 Å². The van der Waals surface area contributed by atoms with Crippen LogP contribution in [0.15, 0.2) is 0 Å². The van der Waals surface area contributed by atoms with Gasteiger partial charge in [-0.1, -0.05) is 12.8 Å². The fraction of sp³-hybridized carbons (Fsp3) is 0.429. The van der Waals surface area contributed by atoms with Crippen LogP contribution in [0.5, 0.6) is 0 Å². The number of carboxylic acids is 2. The molecule has 0 radical (unpaired) electrons. The number of rotatable bonds is 0. The highest BCUT2D eigenvalue weighted by Gasteiger charge is 1.77. The average molecular weight is 158 g/mol. The summed E-state index contributed by atoms with van der Waals surface area (Å²) < 4.78 is 0. The number of aliphatic carboxylic acids is 2. The van der Waals surface area contributed by atoms with Crippen molar-refractivity contribution in [2.75, 3.05) is 0 Å². The SMILES string of the molecule is CC(=O)O.CCC#CC(=O)O. The fourth-order valence-corrected chi connectivity index (χ4v) is 0.164. The van der Waals surface area contributed by atoms with Gasteiger partial charge in [-0.15, -0.1) is 0 Å². The van der Waals surface area contributed by atoms with Gasteiger partial charge in [0, 0.05) is 19.3 Å². The highest BCUT2D eigenvalue weighted by molar-refractivity contribution is 5.86. The summed E-state index contributed by atoms with van der Waals surface area (Å²) in [6, 6.07) is 0. The first-order chi connectivity index (χ1) is 5.00. The van der Waals surface area contributed by atoms with Gasteiger partial charge in [-0.05, 0) is 0 Å². The van der Waals surface area contributed by atoms with Gasteiger partial charge in [0.25, 0.3) is 5.97 Å². The molecule has 0 bridgehead atoms. The molecule has 0 aliphatic heterocycles. The molecule has 0 aromatic carbocycles. The standard InChI is InChI=1S/C5H6O2.C2H4O2/c1-2-3-4-5(6)7;1-2(3)4/h2H2,1H3,(H,6,7);1H3,(H,3,4). The molecule has 4 nitrogen and oxygen atoms in total. The molecular weight excluding hydrogens is 148 g/mol. The van der Waals surface area contributed by atoms with Crippen molar-refractivity contribution in [1.82, 2.24) is 0 Å². The zero-order valence-corrected chi connectivity index (χ0v) is 6.42. The van der Waals surface area contributed by atoms with E-state index in [1.54, 1.807) is 6.92 Å². The lowest BCUT2D eigenvalue weighted by atomic mass is 10.5. The van der Waals surface area contributed by atoms with E-state index in [2.05, 4.69) is 5.92 Å². The second-order valence-corrected chi connectivity index (χ2v) is 1.48. The monoisotopic (exact) mass is 158 g/mol. The van der Waals surface area contributed by atoms with Crippen LogP contribution in [-0.2, 0) is 9.59 Å². The summed E-state index contributed by atoms with van der Waals surface area (Å²) in [7, 11) is 0. The Morgan fingerprint density at radius 2 is 1.73 bits per heavy atom. The van der Waals surface area contributed by atoms with Crippen LogP contribution in [0.4, 0.5) is 0 Å². The second kappa shape index (κ2) is 8.50. The van der Waals surface area contributed by atoms with Gasteiger partial charge in [0.1, 0.15) is 0 Å². The lowest BCUT2D eigenvalue weighted by Crippen LogP contribution is -1.85. The molecule has 0 heterocycles. The van der Waals surface area contributed by atoms with Gasteiger partial charge in [-0.25, -0.2) is 4.79 Å². The van der Waals surface area contributed by atoms with E-state index in [9.17, 15) is 4.79 Å². The molecule has 11 heavy (non-hydrogen) atoms. The molecule has 2 N–H and O–H groups in total. The Hall–Kier alpha value is -1.50. The first-order valence-electron chi connectivity index (χ1n) is 2.92. The topological polar surface area (TPSA) is 74.6 Å². The number of carboxylic acid groups (broad SMARTS) is 2. The summed E-state index contributed by atoms with van der Waals surface area (Å²) in [6.07, 6.45) is 0.603. The van der Waals surface area contributed by atoms with Gasteiger partial charge in [0.2, 0.25) is 0 Å². The van der Waals surface area contributed by atoms with Crippen LogP contribution >= 0.6 is 0 Å². The Labute approximate surface area is 64.8 Å².